The molecule has 6 nitrogen and oxygen atoms in total. The van der Waals surface area contributed by atoms with E-state index in [4.69, 9.17) is 4.42 Å². The first-order chi connectivity index (χ1) is 15.8. The van der Waals surface area contributed by atoms with Gasteiger partial charge in [0.05, 0.1) is 16.1 Å². The van der Waals surface area contributed by atoms with Crippen LogP contribution < -0.4 is 4.72 Å². The van der Waals surface area contributed by atoms with Crippen molar-refractivity contribution in [1.29, 1.82) is 0 Å². The van der Waals surface area contributed by atoms with Crippen LogP contribution in [0.3, 0.4) is 0 Å². The van der Waals surface area contributed by atoms with Gasteiger partial charge in [0.15, 0.2) is 9.84 Å². The number of hydrogen-bond acceptors (Lipinski definition) is 5. The van der Waals surface area contributed by atoms with Gasteiger partial charge in [-0.3, -0.25) is 0 Å². The zero-order chi connectivity index (χ0) is 23.5. The molecule has 1 aromatic heterocycles. The summed E-state index contributed by atoms with van der Waals surface area (Å²) >= 11 is 0. The van der Waals surface area contributed by atoms with Crippen LogP contribution in [0.4, 0.5) is 0 Å². The summed E-state index contributed by atoms with van der Waals surface area (Å²) in [7, 11) is -7.86. The van der Waals surface area contributed by atoms with Crippen molar-refractivity contribution in [2.75, 3.05) is 6.54 Å². The first-order valence-corrected chi connectivity index (χ1v) is 13.3. The minimum Gasteiger partial charge on any atom is -0.468 e. The van der Waals surface area contributed by atoms with E-state index < -0.39 is 25.1 Å². The highest BCUT2D eigenvalue weighted by Gasteiger charge is 2.32. The van der Waals surface area contributed by atoms with Crippen molar-refractivity contribution >= 4 is 19.9 Å². The highest BCUT2D eigenvalue weighted by atomic mass is 32.2. The third-order valence-corrected chi connectivity index (χ3v) is 8.83. The van der Waals surface area contributed by atoms with E-state index in [1.165, 1.54) is 36.6 Å². The summed E-state index contributed by atoms with van der Waals surface area (Å²) in [5, 5.41) is -1.21. The molecule has 0 saturated heterocycles. The van der Waals surface area contributed by atoms with Crippen LogP contribution >= 0.6 is 0 Å². The summed E-state index contributed by atoms with van der Waals surface area (Å²) < 4.78 is 60.2. The van der Waals surface area contributed by atoms with E-state index in [9.17, 15) is 16.8 Å². The van der Waals surface area contributed by atoms with Gasteiger partial charge >= 0.3 is 0 Å². The predicted octanol–water partition coefficient (Wildman–Crippen LogP) is 4.75. The third-order valence-electron chi connectivity index (χ3n) is 5.32. The Labute approximate surface area is 193 Å². The van der Waals surface area contributed by atoms with Crippen LogP contribution in [0.2, 0.25) is 0 Å². The van der Waals surface area contributed by atoms with Crippen molar-refractivity contribution in [2.45, 2.75) is 22.0 Å². The molecule has 8 heteroatoms. The Morgan fingerprint density at radius 2 is 1.33 bits per heavy atom. The van der Waals surface area contributed by atoms with E-state index in [1.54, 1.807) is 30.3 Å². The maximum Gasteiger partial charge on any atom is 0.240 e. The van der Waals surface area contributed by atoms with Crippen molar-refractivity contribution in [3.8, 4) is 11.1 Å². The quantitative estimate of drug-likeness (QED) is 0.392. The fourth-order valence-corrected chi connectivity index (χ4v) is 6.20. The van der Waals surface area contributed by atoms with Gasteiger partial charge in [-0.1, -0.05) is 60.2 Å². The molecule has 1 N–H and O–H groups in total. The Morgan fingerprint density at radius 3 is 1.94 bits per heavy atom. The number of furan rings is 1. The number of sulfonamides is 1. The Morgan fingerprint density at radius 1 is 0.727 bits per heavy atom. The summed E-state index contributed by atoms with van der Waals surface area (Å²) in [6.45, 7) is 1.49. The molecule has 0 spiro atoms. The largest absolute Gasteiger partial charge is 0.468 e. The van der Waals surface area contributed by atoms with Crippen molar-refractivity contribution in [2.24, 2.45) is 0 Å². The third kappa shape index (κ3) is 5.08. The molecule has 0 saturated carbocycles. The zero-order valence-corrected chi connectivity index (χ0v) is 19.5. The van der Waals surface area contributed by atoms with Crippen molar-refractivity contribution in [3.05, 3.63) is 109 Å². The summed E-state index contributed by atoms with van der Waals surface area (Å²) in [4.78, 5) is 0.147. The summed E-state index contributed by atoms with van der Waals surface area (Å²) in [5.74, 6) is 0.165. The lowest BCUT2D eigenvalue weighted by atomic mass is 10.1. The standard InChI is InChI=1S/C25H23NO5S2/c1-19-9-13-22(14-10-19)32(27,28)25(24-8-5-17-31-24)18-26-33(29,30)23-15-11-21(12-16-23)20-6-3-2-4-7-20/h2-17,25-26H,18H2,1H3/t25-/m1/s1. The van der Waals surface area contributed by atoms with Gasteiger partial charge in [-0.05, 0) is 54.4 Å². The van der Waals surface area contributed by atoms with Crippen LogP contribution in [0.25, 0.3) is 11.1 Å². The van der Waals surface area contributed by atoms with E-state index in [-0.39, 0.29) is 22.1 Å². The molecule has 1 atom stereocenters. The van der Waals surface area contributed by atoms with Crippen molar-refractivity contribution in [1.82, 2.24) is 4.72 Å². The maximum absolute atomic E-state index is 13.3. The van der Waals surface area contributed by atoms with Crippen LogP contribution in [-0.2, 0) is 19.9 Å². The molecular weight excluding hydrogens is 458 g/mol. The zero-order valence-electron chi connectivity index (χ0n) is 17.9. The Bertz CT molecular complexity index is 1410. The average molecular weight is 482 g/mol. The molecule has 0 unspecified atom stereocenters. The van der Waals surface area contributed by atoms with Gasteiger partial charge in [-0.25, -0.2) is 21.6 Å². The Kier molecular flexibility index (Phi) is 6.51. The monoisotopic (exact) mass is 481 g/mol. The molecule has 33 heavy (non-hydrogen) atoms. The summed E-state index contributed by atoms with van der Waals surface area (Å²) in [5.41, 5.74) is 2.77. The van der Waals surface area contributed by atoms with E-state index >= 15 is 0 Å². The molecule has 0 radical (unpaired) electrons. The van der Waals surface area contributed by atoms with E-state index in [0.717, 1.165) is 16.7 Å². The van der Waals surface area contributed by atoms with E-state index in [1.807, 2.05) is 37.3 Å². The Balaban J connectivity index is 1.58. The highest BCUT2D eigenvalue weighted by Crippen LogP contribution is 2.30. The van der Waals surface area contributed by atoms with Crippen LogP contribution in [0.1, 0.15) is 16.6 Å². The minimum atomic E-state index is -3.95. The number of nitrogens with one attached hydrogen (secondary N) is 1. The van der Waals surface area contributed by atoms with Crippen molar-refractivity contribution in [3.63, 3.8) is 0 Å². The second-order valence-electron chi connectivity index (χ2n) is 7.60. The van der Waals surface area contributed by atoms with Gasteiger partial charge in [-0.2, -0.15) is 0 Å². The molecule has 170 valence electrons. The molecule has 4 rings (SSSR count). The van der Waals surface area contributed by atoms with Gasteiger partial charge < -0.3 is 4.42 Å². The van der Waals surface area contributed by atoms with Crippen LogP contribution in [0.15, 0.2) is 111 Å². The highest BCUT2D eigenvalue weighted by molar-refractivity contribution is 7.92. The molecule has 0 fully saturated rings. The molecule has 0 aliphatic carbocycles. The van der Waals surface area contributed by atoms with Gasteiger partial charge in [0, 0.05) is 6.54 Å². The van der Waals surface area contributed by atoms with Gasteiger partial charge in [0.2, 0.25) is 10.0 Å². The predicted molar refractivity (Wildman–Crippen MR) is 127 cm³/mol. The van der Waals surface area contributed by atoms with Gasteiger partial charge in [0.25, 0.3) is 0 Å². The minimum absolute atomic E-state index is 0.0492. The number of benzene rings is 3. The molecule has 0 aliphatic rings. The smallest absolute Gasteiger partial charge is 0.240 e. The lowest BCUT2D eigenvalue weighted by molar-refractivity contribution is 0.486. The fourth-order valence-electron chi connectivity index (χ4n) is 3.46. The first kappa shape index (κ1) is 23.0. The van der Waals surface area contributed by atoms with Gasteiger partial charge in [0.1, 0.15) is 11.0 Å². The summed E-state index contributed by atoms with van der Waals surface area (Å²) in [6, 6.07) is 25.6. The maximum atomic E-state index is 13.3. The lowest BCUT2D eigenvalue weighted by Crippen LogP contribution is -2.31. The molecule has 0 amide bonds. The average Bonchev–Trinajstić information content (AvgIpc) is 3.34. The number of rotatable bonds is 8. The van der Waals surface area contributed by atoms with Gasteiger partial charge in [-0.15, -0.1) is 0 Å². The Hall–Kier alpha value is -3.20. The topological polar surface area (TPSA) is 93.5 Å². The van der Waals surface area contributed by atoms with Crippen LogP contribution in [0, 0.1) is 6.92 Å². The molecule has 4 aromatic rings. The fraction of sp³-hybridized carbons (Fsp3) is 0.120. The molecule has 1 heterocycles. The van der Waals surface area contributed by atoms with E-state index in [0.29, 0.717) is 0 Å². The number of hydrogen-bond donors (Lipinski definition) is 1. The first-order valence-electron chi connectivity index (χ1n) is 10.3. The molecule has 3 aromatic carbocycles. The number of aryl methyl sites for hydroxylation is 1. The molecule has 0 aliphatic heterocycles. The lowest BCUT2D eigenvalue weighted by Gasteiger charge is -2.17. The van der Waals surface area contributed by atoms with Crippen molar-refractivity contribution < 1.29 is 21.3 Å². The normalized spacial score (nSPS) is 13.0. The summed E-state index contributed by atoms with van der Waals surface area (Å²) in [6.07, 6.45) is 1.36. The second kappa shape index (κ2) is 9.35. The SMILES string of the molecule is Cc1ccc(S(=O)(=O)[C@H](CNS(=O)(=O)c2ccc(-c3ccccc3)cc2)c2ccco2)cc1. The van der Waals surface area contributed by atoms with Crippen LogP contribution in [-0.4, -0.2) is 23.4 Å². The van der Waals surface area contributed by atoms with Crippen LogP contribution in [0.5, 0.6) is 0 Å². The molecule has 0 bridgehead atoms. The number of sulfone groups is 1. The van der Waals surface area contributed by atoms with E-state index in [2.05, 4.69) is 4.72 Å². The second-order valence-corrected chi connectivity index (χ2v) is 11.5. The molecular formula is C25H23NO5S2.